The van der Waals surface area contributed by atoms with Crippen molar-refractivity contribution in [1.82, 2.24) is 5.32 Å². The van der Waals surface area contributed by atoms with Gasteiger partial charge in [0.05, 0.1) is 35.6 Å². The normalized spacial score (nSPS) is 30.5. The number of hydrogen-bond donors (Lipinski definition) is 3. The number of amides is 1. The van der Waals surface area contributed by atoms with E-state index >= 15 is 4.79 Å². The third-order valence-corrected chi connectivity index (χ3v) is 13.8. The highest BCUT2D eigenvalue weighted by molar-refractivity contribution is 6.28. The highest BCUT2D eigenvalue weighted by Gasteiger charge is 2.78. The van der Waals surface area contributed by atoms with Gasteiger partial charge in [0.1, 0.15) is 35.6 Å². The fraction of sp³-hybridized carbons (Fsp3) is 0.620. The number of carbonyl (C=O) groups excluding carboxylic acids is 5. The molecule has 11 atom stereocenters. The Labute approximate surface area is 396 Å². The third kappa shape index (κ3) is 10.3. The number of nitrogens with one attached hydrogen (secondary N) is 1. The molecule has 1 amide bonds. The van der Waals surface area contributed by atoms with Crippen LogP contribution in [0.15, 0.2) is 71.8 Å². The van der Waals surface area contributed by atoms with Crippen molar-refractivity contribution in [2.45, 2.75) is 174 Å². The quantitative estimate of drug-likeness (QED) is 0.0519. The van der Waals surface area contributed by atoms with Gasteiger partial charge in [-0.15, -0.1) is 0 Å². The molecule has 15 nitrogen and oxygen atoms in total. The number of ether oxygens (including phenoxy) is 5. The number of hydrogen-bond acceptors (Lipinski definition) is 14. The molecule has 1 saturated heterocycles. The van der Waals surface area contributed by atoms with Crippen molar-refractivity contribution in [2.75, 3.05) is 6.61 Å². The Kier molecular flexibility index (Phi) is 16.7. The Hall–Kier alpha value is -4.54. The molecule has 3 N–H and O–H groups in total. The molecular weight excluding hydrogens is 860 g/mol. The lowest BCUT2D eigenvalue weighted by Crippen LogP contribution is -2.82. The van der Waals surface area contributed by atoms with E-state index in [0.717, 1.165) is 6.42 Å². The molecular formula is C50H69B2NO14. The van der Waals surface area contributed by atoms with Gasteiger partial charge in [-0.3, -0.25) is 9.59 Å². The molecule has 364 valence electrons. The van der Waals surface area contributed by atoms with E-state index < -0.39 is 112 Å². The molecule has 2 aromatic rings. The van der Waals surface area contributed by atoms with E-state index in [0.29, 0.717) is 30.2 Å². The molecule has 0 aromatic heterocycles. The molecule has 2 bridgehead atoms. The van der Waals surface area contributed by atoms with Crippen molar-refractivity contribution in [3.8, 4) is 0 Å². The number of esters is 3. The average molecular weight is 930 g/mol. The van der Waals surface area contributed by atoms with Gasteiger partial charge in [0.2, 0.25) is 0 Å². The monoisotopic (exact) mass is 929 g/mol. The van der Waals surface area contributed by atoms with Gasteiger partial charge in [0.25, 0.3) is 15.0 Å². The van der Waals surface area contributed by atoms with Crippen LogP contribution < -0.4 is 5.32 Å². The standard InChI is InChI=1S/C49H65B2NO14.CH4/c1-11-23-50-65-33-25-34-48(27-60-34,63-29(4)53)39-41(62-42(56)31-21-17-14-18-22-31)49(59)26-32(28(3)35(46(49,8)9)38(66-51-24-12-2)40(55)47(33,39)10)61-43(57)37(54)36(30-19-15-13-16-20-30)52-44(58)64-45(5,6)7;/h13-22,32-34,36-39,41,54,59H,11-12,23-27H2,1-10H3,(H,52,58);1H4/t32?,33?,34-,36+,37-,38-,39+,41+,47-,48+,49-;/m1./s1. The second-order valence-corrected chi connectivity index (χ2v) is 19.7. The summed E-state index contributed by atoms with van der Waals surface area (Å²) >= 11 is 0. The van der Waals surface area contributed by atoms with Gasteiger partial charge in [-0.1, -0.05) is 109 Å². The SMILES string of the molecule is C.CCC[B]OC1C[C@H]2OC[C@@]2(OC(C)=O)[C@H]2[C@H](OC(=O)c3ccccc3)[C@]3(O)CC(OC(=O)[C@H](O)[C@@H](NC(=O)OC(C)(C)C)c4ccccc4)C(C)=C([C@@H](O[B]CCC)C(=O)[C@]12C)C3(C)C. The highest BCUT2D eigenvalue weighted by Crippen LogP contribution is 2.65. The minimum atomic E-state index is -2.25. The third-order valence-electron chi connectivity index (χ3n) is 13.8. The molecule has 3 aliphatic carbocycles. The number of ketones is 1. The average Bonchev–Trinajstić information content (AvgIpc) is 3.25. The molecule has 3 fully saturated rings. The summed E-state index contributed by atoms with van der Waals surface area (Å²) in [6.45, 7) is 16.8. The highest BCUT2D eigenvalue weighted by atomic mass is 16.6. The van der Waals surface area contributed by atoms with Crippen LogP contribution in [0.2, 0.25) is 12.6 Å². The van der Waals surface area contributed by atoms with Gasteiger partial charge < -0.3 is 48.5 Å². The minimum Gasteiger partial charge on any atom is -0.456 e. The number of carbonyl (C=O) groups is 5. The molecule has 2 radical (unpaired) electrons. The molecule has 17 heteroatoms. The molecule has 6 rings (SSSR count). The van der Waals surface area contributed by atoms with Crippen LogP contribution in [-0.4, -0.2) is 115 Å². The number of alkyl carbamates (subject to hydrolysis) is 1. The van der Waals surface area contributed by atoms with Crippen LogP contribution in [0.4, 0.5) is 4.79 Å². The molecule has 2 aromatic carbocycles. The first-order valence-electron chi connectivity index (χ1n) is 23.0. The molecule has 0 spiro atoms. The smallest absolute Gasteiger partial charge is 0.408 e. The fourth-order valence-corrected chi connectivity index (χ4v) is 10.4. The molecule has 4 aliphatic rings. The Morgan fingerprint density at radius 3 is 2.07 bits per heavy atom. The summed E-state index contributed by atoms with van der Waals surface area (Å²) in [7, 11) is 3.17. The topological polar surface area (TPSA) is 202 Å². The van der Waals surface area contributed by atoms with Crippen molar-refractivity contribution >= 4 is 44.7 Å². The molecule has 2 saturated carbocycles. The van der Waals surface area contributed by atoms with E-state index in [4.69, 9.17) is 33.0 Å². The van der Waals surface area contributed by atoms with E-state index in [-0.39, 0.29) is 31.6 Å². The molecule has 1 heterocycles. The summed E-state index contributed by atoms with van der Waals surface area (Å²) in [5.74, 6) is -4.54. The van der Waals surface area contributed by atoms with Crippen LogP contribution in [0.3, 0.4) is 0 Å². The maximum atomic E-state index is 16.1. The van der Waals surface area contributed by atoms with Gasteiger partial charge >= 0.3 is 24.0 Å². The zero-order valence-electron chi connectivity index (χ0n) is 39.8. The van der Waals surface area contributed by atoms with Crippen LogP contribution in [0, 0.1) is 16.7 Å². The van der Waals surface area contributed by atoms with Crippen LogP contribution in [0.25, 0.3) is 0 Å². The zero-order valence-corrected chi connectivity index (χ0v) is 39.8. The van der Waals surface area contributed by atoms with Gasteiger partial charge in [-0.05, 0) is 63.5 Å². The van der Waals surface area contributed by atoms with E-state index in [1.807, 2.05) is 13.8 Å². The van der Waals surface area contributed by atoms with Crippen LogP contribution in [-0.2, 0) is 47.4 Å². The van der Waals surface area contributed by atoms with Crippen molar-refractivity contribution in [2.24, 2.45) is 16.7 Å². The number of Topliss-reactive ketones (excluding diaryl/α,β-unsaturated/α-hetero) is 1. The molecule has 67 heavy (non-hydrogen) atoms. The van der Waals surface area contributed by atoms with E-state index in [1.165, 1.54) is 14.4 Å². The first-order valence-corrected chi connectivity index (χ1v) is 23.0. The summed E-state index contributed by atoms with van der Waals surface area (Å²) in [6, 6.07) is 15.1. The maximum absolute atomic E-state index is 16.1. The van der Waals surface area contributed by atoms with Gasteiger partial charge in [0, 0.05) is 25.2 Å². The predicted octanol–water partition coefficient (Wildman–Crippen LogP) is 6.84. The van der Waals surface area contributed by atoms with Crippen molar-refractivity contribution in [1.29, 1.82) is 0 Å². The Morgan fingerprint density at radius 1 is 0.925 bits per heavy atom. The summed E-state index contributed by atoms with van der Waals surface area (Å²) in [4.78, 5) is 71.5. The Bertz CT molecular complexity index is 2130. The largest absolute Gasteiger partial charge is 0.456 e. The first kappa shape index (κ1) is 53.4. The summed E-state index contributed by atoms with van der Waals surface area (Å²) in [5, 5.41) is 28.5. The van der Waals surface area contributed by atoms with Gasteiger partial charge in [-0.2, -0.15) is 0 Å². The lowest BCUT2D eigenvalue weighted by molar-refractivity contribution is -0.344. The summed E-state index contributed by atoms with van der Waals surface area (Å²) in [5.41, 5.74) is -6.88. The molecule has 1 aliphatic heterocycles. The van der Waals surface area contributed by atoms with Crippen molar-refractivity contribution in [3.05, 3.63) is 82.9 Å². The number of aliphatic hydroxyl groups is 2. The second kappa shape index (κ2) is 21.0. The lowest BCUT2D eigenvalue weighted by Gasteiger charge is -2.68. The summed E-state index contributed by atoms with van der Waals surface area (Å²) < 4.78 is 43.9. The number of benzene rings is 2. The van der Waals surface area contributed by atoms with Crippen LogP contribution in [0.1, 0.15) is 124 Å². The second-order valence-electron chi connectivity index (χ2n) is 19.7. The van der Waals surface area contributed by atoms with Gasteiger partial charge in [-0.25, -0.2) is 14.4 Å². The number of rotatable bonds is 16. The zero-order chi connectivity index (χ0) is 48.4. The maximum Gasteiger partial charge on any atom is 0.408 e. The van der Waals surface area contributed by atoms with Crippen molar-refractivity contribution in [3.63, 3.8) is 0 Å². The van der Waals surface area contributed by atoms with E-state index in [2.05, 4.69) is 5.32 Å². The molecule has 2 unspecified atom stereocenters. The fourth-order valence-electron chi connectivity index (χ4n) is 10.4. The minimum absolute atomic E-state index is 0. The van der Waals surface area contributed by atoms with E-state index in [1.54, 1.807) is 117 Å². The number of fused-ring (bicyclic) bond motifs is 5. The lowest BCUT2D eigenvalue weighted by atomic mass is 9.44. The first-order chi connectivity index (χ1) is 31.1. The Morgan fingerprint density at radius 2 is 1.52 bits per heavy atom. The summed E-state index contributed by atoms with van der Waals surface area (Å²) in [6.07, 6.45) is -7.12. The van der Waals surface area contributed by atoms with Crippen LogP contribution >= 0.6 is 0 Å². The Balaban J connectivity index is 0.00000840. The van der Waals surface area contributed by atoms with Gasteiger partial charge in [0.15, 0.2) is 17.5 Å². The predicted molar refractivity (Wildman–Crippen MR) is 250 cm³/mol. The van der Waals surface area contributed by atoms with Crippen LogP contribution in [0.5, 0.6) is 0 Å². The number of aliphatic hydroxyl groups excluding tert-OH is 1. The van der Waals surface area contributed by atoms with E-state index in [9.17, 15) is 29.4 Å². The van der Waals surface area contributed by atoms with Crippen molar-refractivity contribution < 1.29 is 67.2 Å².